The Morgan fingerprint density at radius 2 is 2.14 bits per heavy atom. The molecule has 0 amide bonds. The molecule has 2 aromatic rings. The SMILES string of the molecule is CN[C@@H](Cc1c[nH]cn1)C(=O)OCCc1ccc(C)cc1. The van der Waals surface area contributed by atoms with Crippen LogP contribution in [-0.4, -0.2) is 35.6 Å². The van der Waals surface area contributed by atoms with E-state index in [2.05, 4.69) is 46.5 Å². The average Bonchev–Trinajstić information content (AvgIpc) is 2.99. The van der Waals surface area contributed by atoms with Gasteiger partial charge in [-0.25, -0.2) is 4.98 Å². The van der Waals surface area contributed by atoms with Crippen LogP contribution in [-0.2, 0) is 22.4 Å². The topological polar surface area (TPSA) is 67.0 Å². The standard InChI is InChI=1S/C16H21N3O2/c1-12-3-5-13(6-4-12)7-8-21-16(20)15(17-2)9-14-10-18-11-19-14/h3-6,10-11,15,17H,7-9H2,1-2H3,(H,18,19)/t15-/m0/s1. The minimum atomic E-state index is -0.369. The fourth-order valence-electron chi connectivity index (χ4n) is 2.04. The fourth-order valence-corrected chi connectivity index (χ4v) is 2.04. The number of rotatable bonds is 7. The fraction of sp³-hybridized carbons (Fsp3) is 0.375. The molecule has 0 unspecified atom stereocenters. The Morgan fingerprint density at radius 1 is 1.38 bits per heavy atom. The number of hydrogen-bond donors (Lipinski definition) is 2. The van der Waals surface area contributed by atoms with Gasteiger partial charge in [0.2, 0.25) is 0 Å². The summed E-state index contributed by atoms with van der Waals surface area (Å²) < 4.78 is 5.34. The van der Waals surface area contributed by atoms with Gasteiger partial charge >= 0.3 is 5.97 Å². The first kappa shape index (κ1) is 15.3. The van der Waals surface area contributed by atoms with Crippen LogP contribution in [0.3, 0.4) is 0 Å². The predicted molar refractivity (Wildman–Crippen MR) is 81.0 cm³/mol. The Morgan fingerprint density at radius 3 is 2.76 bits per heavy atom. The molecule has 0 radical (unpaired) electrons. The number of aromatic nitrogens is 2. The number of nitrogens with one attached hydrogen (secondary N) is 2. The second kappa shape index (κ2) is 7.59. The Hall–Kier alpha value is -2.14. The Balaban J connectivity index is 1.78. The van der Waals surface area contributed by atoms with Crippen LogP contribution in [0.15, 0.2) is 36.8 Å². The zero-order valence-corrected chi connectivity index (χ0v) is 12.4. The number of nitrogens with zero attached hydrogens (tertiary/aromatic N) is 1. The molecule has 1 aromatic carbocycles. The van der Waals surface area contributed by atoms with Gasteiger partial charge in [0, 0.05) is 19.0 Å². The van der Waals surface area contributed by atoms with Gasteiger partial charge < -0.3 is 15.0 Å². The van der Waals surface area contributed by atoms with Crippen molar-refractivity contribution < 1.29 is 9.53 Å². The van der Waals surface area contributed by atoms with Crippen molar-refractivity contribution in [1.82, 2.24) is 15.3 Å². The summed E-state index contributed by atoms with van der Waals surface area (Å²) in [5.41, 5.74) is 3.23. The van der Waals surface area contributed by atoms with Crippen LogP contribution in [0, 0.1) is 6.92 Å². The van der Waals surface area contributed by atoms with Crippen molar-refractivity contribution in [2.75, 3.05) is 13.7 Å². The molecule has 0 aliphatic rings. The van der Waals surface area contributed by atoms with Gasteiger partial charge in [-0.1, -0.05) is 29.8 Å². The quantitative estimate of drug-likeness (QED) is 0.760. The molecule has 0 fully saturated rings. The van der Waals surface area contributed by atoms with Crippen molar-refractivity contribution in [2.24, 2.45) is 0 Å². The van der Waals surface area contributed by atoms with Crippen molar-refractivity contribution >= 4 is 5.97 Å². The van der Waals surface area contributed by atoms with E-state index in [-0.39, 0.29) is 12.0 Å². The lowest BCUT2D eigenvalue weighted by Crippen LogP contribution is -2.37. The second-order valence-corrected chi connectivity index (χ2v) is 5.01. The van der Waals surface area contributed by atoms with Crippen LogP contribution in [0.4, 0.5) is 0 Å². The number of imidazole rings is 1. The summed E-state index contributed by atoms with van der Waals surface area (Å²) in [4.78, 5) is 19.0. The summed E-state index contributed by atoms with van der Waals surface area (Å²) in [7, 11) is 1.75. The van der Waals surface area contributed by atoms with E-state index >= 15 is 0 Å². The number of likely N-dealkylation sites (N-methyl/N-ethyl adjacent to an activating group) is 1. The van der Waals surface area contributed by atoms with Gasteiger partial charge in [0.1, 0.15) is 6.04 Å². The minimum absolute atomic E-state index is 0.243. The molecule has 112 valence electrons. The van der Waals surface area contributed by atoms with Gasteiger partial charge in [-0.15, -0.1) is 0 Å². The molecular weight excluding hydrogens is 266 g/mol. The lowest BCUT2D eigenvalue weighted by Gasteiger charge is -2.14. The average molecular weight is 287 g/mol. The first-order valence-corrected chi connectivity index (χ1v) is 7.06. The maximum Gasteiger partial charge on any atom is 0.323 e. The second-order valence-electron chi connectivity index (χ2n) is 5.01. The van der Waals surface area contributed by atoms with Gasteiger partial charge in [0.05, 0.1) is 18.6 Å². The molecule has 2 N–H and O–H groups in total. The van der Waals surface area contributed by atoms with E-state index in [0.717, 1.165) is 12.1 Å². The zero-order chi connectivity index (χ0) is 15.1. The smallest absolute Gasteiger partial charge is 0.323 e. The van der Waals surface area contributed by atoms with Crippen LogP contribution < -0.4 is 5.32 Å². The van der Waals surface area contributed by atoms with E-state index < -0.39 is 0 Å². The Kier molecular flexibility index (Phi) is 5.51. The normalized spacial score (nSPS) is 12.1. The summed E-state index contributed by atoms with van der Waals surface area (Å²) in [6, 6.07) is 7.87. The van der Waals surface area contributed by atoms with E-state index in [4.69, 9.17) is 4.74 Å². The molecule has 0 bridgehead atoms. The van der Waals surface area contributed by atoms with E-state index in [1.165, 1.54) is 11.1 Å². The third-order valence-corrected chi connectivity index (χ3v) is 3.36. The van der Waals surface area contributed by atoms with E-state index in [9.17, 15) is 4.79 Å². The molecule has 0 aliphatic heterocycles. The number of esters is 1. The van der Waals surface area contributed by atoms with Gasteiger partial charge in [-0.2, -0.15) is 0 Å². The predicted octanol–water partition coefficient (Wildman–Crippen LogP) is 1.63. The van der Waals surface area contributed by atoms with Gasteiger partial charge in [0.15, 0.2) is 0 Å². The highest BCUT2D eigenvalue weighted by Gasteiger charge is 2.19. The van der Waals surface area contributed by atoms with Crippen molar-refractivity contribution in [3.8, 4) is 0 Å². The molecule has 2 rings (SSSR count). The van der Waals surface area contributed by atoms with Crippen LogP contribution in [0.1, 0.15) is 16.8 Å². The van der Waals surface area contributed by atoms with Crippen LogP contribution in [0.2, 0.25) is 0 Å². The highest BCUT2D eigenvalue weighted by atomic mass is 16.5. The van der Waals surface area contributed by atoms with Crippen LogP contribution >= 0.6 is 0 Å². The number of benzene rings is 1. The Labute approximate surface area is 124 Å². The monoisotopic (exact) mass is 287 g/mol. The molecule has 0 aliphatic carbocycles. The lowest BCUT2D eigenvalue weighted by molar-refractivity contribution is -0.145. The van der Waals surface area contributed by atoms with E-state index in [1.807, 2.05) is 0 Å². The number of aryl methyl sites for hydroxylation is 1. The number of H-pyrrole nitrogens is 1. The highest BCUT2D eigenvalue weighted by molar-refractivity contribution is 5.76. The van der Waals surface area contributed by atoms with Crippen LogP contribution in [0.25, 0.3) is 0 Å². The molecule has 5 heteroatoms. The summed E-state index contributed by atoms with van der Waals surface area (Å²) in [5, 5.41) is 2.97. The van der Waals surface area contributed by atoms with Gasteiger partial charge in [0.25, 0.3) is 0 Å². The first-order chi connectivity index (χ1) is 10.2. The summed E-state index contributed by atoms with van der Waals surface area (Å²) >= 11 is 0. The molecular formula is C16H21N3O2. The Bertz CT molecular complexity index is 549. The maximum atomic E-state index is 12.0. The van der Waals surface area contributed by atoms with Crippen LogP contribution in [0.5, 0.6) is 0 Å². The number of carbonyl (C=O) groups is 1. The van der Waals surface area contributed by atoms with Crippen molar-refractivity contribution in [2.45, 2.75) is 25.8 Å². The lowest BCUT2D eigenvalue weighted by atomic mass is 10.1. The molecule has 1 aromatic heterocycles. The first-order valence-electron chi connectivity index (χ1n) is 7.06. The van der Waals surface area contributed by atoms with Crippen molar-refractivity contribution in [3.63, 3.8) is 0 Å². The van der Waals surface area contributed by atoms with Crippen molar-refractivity contribution in [1.29, 1.82) is 0 Å². The highest BCUT2D eigenvalue weighted by Crippen LogP contribution is 2.05. The largest absolute Gasteiger partial charge is 0.464 e. The molecule has 1 heterocycles. The third kappa shape index (κ3) is 4.72. The summed E-state index contributed by atoms with van der Waals surface area (Å²) in [6.07, 6.45) is 4.63. The summed E-state index contributed by atoms with van der Waals surface area (Å²) in [5.74, 6) is -0.243. The molecule has 21 heavy (non-hydrogen) atoms. The number of hydrogen-bond acceptors (Lipinski definition) is 4. The molecule has 0 saturated heterocycles. The van der Waals surface area contributed by atoms with Gasteiger partial charge in [-0.05, 0) is 19.5 Å². The molecule has 0 saturated carbocycles. The van der Waals surface area contributed by atoms with Gasteiger partial charge in [-0.3, -0.25) is 4.79 Å². The minimum Gasteiger partial charge on any atom is -0.464 e. The number of carbonyl (C=O) groups excluding carboxylic acids is 1. The van der Waals surface area contributed by atoms with E-state index in [0.29, 0.717) is 13.0 Å². The van der Waals surface area contributed by atoms with Crippen molar-refractivity contribution in [3.05, 3.63) is 53.6 Å². The third-order valence-electron chi connectivity index (χ3n) is 3.36. The zero-order valence-electron chi connectivity index (χ0n) is 12.4. The van der Waals surface area contributed by atoms with E-state index in [1.54, 1.807) is 19.6 Å². The molecule has 1 atom stereocenters. The number of aromatic amines is 1. The molecule has 5 nitrogen and oxygen atoms in total. The summed E-state index contributed by atoms with van der Waals surface area (Å²) in [6.45, 7) is 2.44. The number of ether oxygens (including phenoxy) is 1. The maximum absolute atomic E-state index is 12.0. The molecule has 0 spiro atoms.